The molecule has 0 saturated carbocycles. The molecule has 3 nitrogen and oxygen atoms in total. The molecule has 2 heterocycles. The minimum atomic E-state index is -0.127. The Hall–Kier alpha value is -0.990. The van der Waals surface area contributed by atoms with E-state index in [0.29, 0.717) is 0 Å². The zero-order chi connectivity index (χ0) is 7.47. The molecule has 0 radical (unpaired) electrons. The first-order valence-electron chi connectivity index (χ1n) is 3.98. The van der Waals surface area contributed by atoms with Crippen LogP contribution in [0.4, 0.5) is 4.79 Å². The SMILES string of the molecule is O=C1O[C@@H]2C=C[C@@]3(CCN13)C2. The molecule has 3 rings (SSSR count). The zero-order valence-corrected chi connectivity index (χ0v) is 6.12. The third kappa shape index (κ3) is 0.492. The number of amides is 1. The summed E-state index contributed by atoms with van der Waals surface area (Å²) in [5, 5.41) is 0. The van der Waals surface area contributed by atoms with Crippen LogP contribution in [0.15, 0.2) is 12.2 Å². The third-order valence-corrected chi connectivity index (χ3v) is 2.95. The summed E-state index contributed by atoms with van der Waals surface area (Å²) in [6.45, 7) is 0.871. The highest BCUT2D eigenvalue weighted by Gasteiger charge is 2.54. The Labute approximate surface area is 64.6 Å². The maximum absolute atomic E-state index is 11.2. The van der Waals surface area contributed by atoms with Crippen molar-refractivity contribution < 1.29 is 9.53 Å². The van der Waals surface area contributed by atoms with E-state index in [9.17, 15) is 4.79 Å². The maximum atomic E-state index is 11.2. The molecule has 11 heavy (non-hydrogen) atoms. The van der Waals surface area contributed by atoms with Gasteiger partial charge in [-0.05, 0) is 12.5 Å². The first kappa shape index (κ1) is 5.63. The minimum Gasteiger partial charge on any atom is -0.442 e. The highest BCUT2D eigenvalue weighted by molar-refractivity contribution is 5.73. The summed E-state index contributed by atoms with van der Waals surface area (Å²) >= 11 is 0. The molecule has 0 aromatic heterocycles. The van der Waals surface area contributed by atoms with Crippen LogP contribution in [-0.2, 0) is 4.74 Å². The molecule has 3 heteroatoms. The molecule has 1 amide bonds. The predicted molar refractivity (Wildman–Crippen MR) is 38.1 cm³/mol. The number of nitrogens with zero attached hydrogens (tertiary/aromatic N) is 1. The van der Waals surface area contributed by atoms with Gasteiger partial charge in [0.05, 0.1) is 5.54 Å². The Morgan fingerprint density at radius 1 is 1.73 bits per heavy atom. The van der Waals surface area contributed by atoms with E-state index in [4.69, 9.17) is 4.74 Å². The van der Waals surface area contributed by atoms with Gasteiger partial charge in [0.2, 0.25) is 0 Å². The second-order valence-electron chi connectivity index (χ2n) is 3.49. The number of hydrogen-bond acceptors (Lipinski definition) is 2. The van der Waals surface area contributed by atoms with Gasteiger partial charge in [-0.1, -0.05) is 6.08 Å². The molecule has 58 valence electrons. The summed E-state index contributed by atoms with van der Waals surface area (Å²) in [4.78, 5) is 13.0. The summed E-state index contributed by atoms with van der Waals surface area (Å²) in [7, 11) is 0. The van der Waals surface area contributed by atoms with Crippen molar-refractivity contribution in [2.45, 2.75) is 24.5 Å². The van der Waals surface area contributed by atoms with Crippen molar-refractivity contribution in [2.24, 2.45) is 0 Å². The predicted octanol–water partition coefficient (Wildman–Crippen LogP) is 0.910. The van der Waals surface area contributed by atoms with Crippen molar-refractivity contribution in [1.82, 2.24) is 4.90 Å². The lowest BCUT2D eigenvalue weighted by Crippen LogP contribution is -2.63. The quantitative estimate of drug-likeness (QED) is 0.481. The zero-order valence-electron chi connectivity index (χ0n) is 6.12. The maximum Gasteiger partial charge on any atom is 0.411 e. The van der Waals surface area contributed by atoms with Crippen molar-refractivity contribution in [3.8, 4) is 0 Å². The second kappa shape index (κ2) is 1.44. The molecule has 0 unspecified atom stereocenters. The summed E-state index contributed by atoms with van der Waals surface area (Å²) in [5.41, 5.74) is 0.0833. The van der Waals surface area contributed by atoms with Crippen LogP contribution in [0.5, 0.6) is 0 Å². The van der Waals surface area contributed by atoms with Gasteiger partial charge in [-0.25, -0.2) is 4.79 Å². The van der Waals surface area contributed by atoms with Gasteiger partial charge in [0.25, 0.3) is 0 Å². The fourth-order valence-electron chi connectivity index (χ4n) is 2.21. The van der Waals surface area contributed by atoms with E-state index in [1.807, 2.05) is 11.0 Å². The number of ether oxygens (including phenoxy) is 1. The van der Waals surface area contributed by atoms with Crippen LogP contribution >= 0.6 is 0 Å². The van der Waals surface area contributed by atoms with Crippen molar-refractivity contribution in [2.75, 3.05) is 6.54 Å². The van der Waals surface area contributed by atoms with Gasteiger partial charge in [-0.3, -0.25) is 4.90 Å². The van der Waals surface area contributed by atoms with Crippen molar-refractivity contribution in [3.05, 3.63) is 12.2 Å². The molecular weight excluding hydrogens is 142 g/mol. The fraction of sp³-hybridized carbons (Fsp3) is 0.625. The van der Waals surface area contributed by atoms with Crippen LogP contribution in [0.1, 0.15) is 12.8 Å². The third-order valence-electron chi connectivity index (χ3n) is 2.95. The van der Waals surface area contributed by atoms with Crippen molar-refractivity contribution >= 4 is 6.09 Å². The number of carbonyl (C=O) groups excluding carboxylic acids is 1. The van der Waals surface area contributed by atoms with E-state index in [1.54, 1.807) is 0 Å². The van der Waals surface area contributed by atoms with Crippen LogP contribution in [0.2, 0.25) is 0 Å². The van der Waals surface area contributed by atoms with Crippen LogP contribution in [0.3, 0.4) is 0 Å². The monoisotopic (exact) mass is 151 g/mol. The molecule has 1 spiro atoms. The summed E-state index contributed by atoms with van der Waals surface area (Å²) in [6.07, 6.45) is 6.19. The molecule has 2 atom stereocenters. The molecule has 0 N–H and O–H groups in total. The molecule has 0 aromatic carbocycles. The molecule has 1 aliphatic carbocycles. The Morgan fingerprint density at radius 3 is 3.36 bits per heavy atom. The smallest absolute Gasteiger partial charge is 0.411 e. The van der Waals surface area contributed by atoms with Crippen LogP contribution in [0, 0.1) is 0 Å². The van der Waals surface area contributed by atoms with Gasteiger partial charge >= 0.3 is 6.09 Å². The first-order chi connectivity index (χ1) is 5.30. The summed E-state index contributed by atoms with van der Waals surface area (Å²) in [5.74, 6) is 0. The second-order valence-corrected chi connectivity index (χ2v) is 3.49. The summed E-state index contributed by atoms with van der Waals surface area (Å²) in [6, 6.07) is 0. The lowest BCUT2D eigenvalue weighted by atomic mass is 9.83. The average molecular weight is 151 g/mol. The van der Waals surface area contributed by atoms with E-state index in [0.717, 1.165) is 19.4 Å². The van der Waals surface area contributed by atoms with E-state index in [-0.39, 0.29) is 17.7 Å². The molecule has 3 aliphatic rings. The Morgan fingerprint density at radius 2 is 2.64 bits per heavy atom. The number of rotatable bonds is 0. The molecule has 2 bridgehead atoms. The highest BCUT2D eigenvalue weighted by atomic mass is 16.6. The van der Waals surface area contributed by atoms with Crippen LogP contribution in [0.25, 0.3) is 0 Å². The van der Waals surface area contributed by atoms with Gasteiger partial charge in [0, 0.05) is 13.0 Å². The standard InChI is InChI=1S/C8H9NO2/c10-7-9-4-3-8(9)2-1-6(5-8)11-7/h1-2,6H,3-5H2/t6-,8-/m1/s1. The van der Waals surface area contributed by atoms with E-state index in [1.165, 1.54) is 0 Å². The van der Waals surface area contributed by atoms with E-state index >= 15 is 0 Å². The summed E-state index contributed by atoms with van der Waals surface area (Å²) < 4.78 is 5.11. The van der Waals surface area contributed by atoms with Gasteiger partial charge in [0.1, 0.15) is 6.10 Å². The average Bonchev–Trinajstić information content (AvgIpc) is 2.27. The minimum absolute atomic E-state index is 0.0686. The molecular formula is C8H9NO2. The molecule has 2 aliphatic heterocycles. The number of hydrogen-bond donors (Lipinski definition) is 0. The number of carbonyl (C=O) groups is 1. The lowest BCUT2D eigenvalue weighted by molar-refractivity contribution is -0.0459. The van der Waals surface area contributed by atoms with Crippen molar-refractivity contribution in [1.29, 1.82) is 0 Å². The molecule has 2 fully saturated rings. The lowest BCUT2D eigenvalue weighted by Gasteiger charge is -2.51. The first-order valence-corrected chi connectivity index (χ1v) is 3.98. The normalized spacial score (nSPS) is 44.9. The van der Waals surface area contributed by atoms with Gasteiger partial charge in [-0.2, -0.15) is 0 Å². The Bertz CT molecular complexity index is 261. The van der Waals surface area contributed by atoms with Gasteiger partial charge in [0.15, 0.2) is 0 Å². The fourth-order valence-corrected chi connectivity index (χ4v) is 2.21. The van der Waals surface area contributed by atoms with Gasteiger partial charge in [-0.15, -0.1) is 0 Å². The van der Waals surface area contributed by atoms with Gasteiger partial charge < -0.3 is 4.74 Å². The topological polar surface area (TPSA) is 29.5 Å². The van der Waals surface area contributed by atoms with E-state index in [2.05, 4.69) is 6.08 Å². The largest absolute Gasteiger partial charge is 0.442 e. The Kier molecular flexibility index (Phi) is 0.739. The Balaban J connectivity index is 2.05. The van der Waals surface area contributed by atoms with Crippen LogP contribution < -0.4 is 0 Å². The van der Waals surface area contributed by atoms with Crippen molar-refractivity contribution in [3.63, 3.8) is 0 Å². The molecule has 0 aromatic rings. The molecule has 2 saturated heterocycles. The van der Waals surface area contributed by atoms with E-state index < -0.39 is 0 Å². The number of fused-ring (bicyclic) bond motifs is 1. The highest BCUT2D eigenvalue weighted by Crippen LogP contribution is 2.45. The van der Waals surface area contributed by atoms with Crippen LogP contribution in [-0.4, -0.2) is 29.2 Å².